The van der Waals surface area contributed by atoms with E-state index in [2.05, 4.69) is 5.32 Å². The monoisotopic (exact) mass is 403 g/mol. The van der Waals surface area contributed by atoms with Crippen LogP contribution < -0.4 is 15.0 Å². The Morgan fingerprint density at radius 3 is 2.50 bits per heavy atom. The van der Waals surface area contributed by atoms with Crippen molar-refractivity contribution in [3.05, 3.63) is 48.0 Å². The lowest BCUT2D eigenvalue weighted by Gasteiger charge is -2.24. The molecule has 7 nitrogen and oxygen atoms in total. The lowest BCUT2D eigenvalue weighted by Crippen LogP contribution is -2.39. The molecule has 28 heavy (non-hydrogen) atoms. The molecule has 2 aromatic rings. The standard InChI is InChI=1S/C20H25N3O4S/c1-5-27-17-9-7-16(8-10-17)21-20(24)23-14(2)12-15-6-11-18(13-19(15)23)28(25,26)22(3)4/h6-11,13-14H,5,12H2,1-4H3,(H,21,24). The predicted molar refractivity (Wildman–Crippen MR) is 110 cm³/mol. The number of anilines is 2. The first-order valence-electron chi connectivity index (χ1n) is 9.12. The number of nitrogens with one attached hydrogen (secondary N) is 1. The maximum absolute atomic E-state index is 12.9. The molecular weight excluding hydrogens is 378 g/mol. The summed E-state index contributed by atoms with van der Waals surface area (Å²) in [5, 5.41) is 2.88. The SMILES string of the molecule is CCOc1ccc(NC(=O)N2c3cc(S(=O)(=O)N(C)C)ccc3CC2C)cc1. The summed E-state index contributed by atoms with van der Waals surface area (Å²) in [4.78, 5) is 14.7. The molecule has 1 atom stereocenters. The Hall–Kier alpha value is -2.58. The van der Waals surface area contributed by atoms with Crippen LogP contribution in [0.3, 0.4) is 0 Å². The third-order valence-electron chi connectivity index (χ3n) is 4.69. The summed E-state index contributed by atoms with van der Waals surface area (Å²) in [6.45, 7) is 4.43. The van der Waals surface area contributed by atoms with Gasteiger partial charge in [-0.3, -0.25) is 4.90 Å². The van der Waals surface area contributed by atoms with E-state index in [1.165, 1.54) is 14.1 Å². The first-order chi connectivity index (χ1) is 13.2. The molecule has 1 unspecified atom stereocenters. The molecule has 2 aromatic carbocycles. The zero-order chi connectivity index (χ0) is 20.5. The molecule has 3 rings (SSSR count). The maximum Gasteiger partial charge on any atom is 0.326 e. The van der Waals surface area contributed by atoms with E-state index in [4.69, 9.17) is 4.74 Å². The summed E-state index contributed by atoms with van der Waals surface area (Å²) in [5.74, 6) is 0.735. The number of carbonyl (C=O) groups excluding carboxylic acids is 1. The van der Waals surface area contributed by atoms with Gasteiger partial charge < -0.3 is 10.1 Å². The van der Waals surface area contributed by atoms with Crippen molar-refractivity contribution in [3.8, 4) is 5.75 Å². The molecule has 0 aromatic heterocycles. The van der Waals surface area contributed by atoms with Gasteiger partial charge in [0, 0.05) is 25.8 Å². The normalized spacial score (nSPS) is 16.2. The number of nitrogens with zero attached hydrogens (tertiary/aromatic N) is 2. The van der Waals surface area contributed by atoms with Crippen molar-refractivity contribution < 1.29 is 17.9 Å². The Morgan fingerprint density at radius 1 is 1.21 bits per heavy atom. The van der Waals surface area contributed by atoms with Crippen LogP contribution in [0, 0.1) is 0 Å². The number of rotatable bonds is 5. The van der Waals surface area contributed by atoms with Crippen molar-refractivity contribution in [2.45, 2.75) is 31.2 Å². The van der Waals surface area contributed by atoms with Crippen LogP contribution in [0.25, 0.3) is 0 Å². The smallest absolute Gasteiger partial charge is 0.326 e. The minimum atomic E-state index is -3.57. The van der Waals surface area contributed by atoms with Crippen LogP contribution in [-0.4, -0.2) is 45.5 Å². The van der Waals surface area contributed by atoms with Gasteiger partial charge in [-0.2, -0.15) is 0 Å². The minimum Gasteiger partial charge on any atom is -0.494 e. The number of benzene rings is 2. The van der Waals surface area contributed by atoms with Crippen LogP contribution in [0.5, 0.6) is 5.75 Å². The average molecular weight is 404 g/mol. The van der Waals surface area contributed by atoms with Crippen LogP contribution in [0.15, 0.2) is 47.4 Å². The Morgan fingerprint density at radius 2 is 1.89 bits per heavy atom. The van der Waals surface area contributed by atoms with Crippen molar-refractivity contribution >= 4 is 27.4 Å². The van der Waals surface area contributed by atoms with Gasteiger partial charge in [0.2, 0.25) is 10.0 Å². The molecule has 2 amide bonds. The first kappa shape index (κ1) is 20.2. The van der Waals surface area contributed by atoms with Gasteiger partial charge in [0.1, 0.15) is 5.75 Å². The molecule has 0 fully saturated rings. The highest BCUT2D eigenvalue weighted by atomic mass is 32.2. The second-order valence-corrected chi connectivity index (χ2v) is 9.04. The van der Waals surface area contributed by atoms with Crippen molar-refractivity contribution in [1.29, 1.82) is 0 Å². The number of ether oxygens (including phenoxy) is 1. The molecule has 1 N–H and O–H groups in total. The van der Waals surface area contributed by atoms with Crippen LogP contribution in [0.4, 0.5) is 16.2 Å². The largest absolute Gasteiger partial charge is 0.494 e. The van der Waals surface area contributed by atoms with Crippen LogP contribution in [0.1, 0.15) is 19.4 Å². The second kappa shape index (κ2) is 7.81. The van der Waals surface area contributed by atoms with Gasteiger partial charge >= 0.3 is 6.03 Å². The fourth-order valence-corrected chi connectivity index (χ4v) is 4.18. The summed E-state index contributed by atoms with van der Waals surface area (Å²) in [5.41, 5.74) is 2.22. The van der Waals surface area contributed by atoms with Crippen molar-refractivity contribution in [2.24, 2.45) is 0 Å². The fourth-order valence-electron chi connectivity index (χ4n) is 3.25. The summed E-state index contributed by atoms with van der Waals surface area (Å²) in [6, 6.07) is 11.7. The summed E-state index contributed by atoms with van der Waals surface area (Å²) in [6.07, 6.45) is 0.675. The van der Waals surface area contributed by atoms with Gasteiger partial charge in [0.25, 0.3) is 0 Å². The van der Waals surface area contributed by atoms with Crippen molar-refractivity contribution in [1.82, 2.24) is 4.31 Å². The number of fused-ring (bicyclic) bond motifs is 1. The molecule has 0 radical (unpaired) electrons. The maximum atomic E-state index is 12.9. The van der Waals surface area contributed by atoms with E-state index in [1.807, 2.05) is 13.8 Å². The van der Waals surface area contributed by atoms with Crippen LogP contribution in [-0.2, 0) is 16.4 Å². The van der Waals surface area contributed by atoms with E-state index >= 15 is 0 Å². The van der Waals surface area contributed by atoms with E-state index in [0.717, 1.165) is 15.6 Å². The van der Waals surface area contributed by atoms with Crippen LogP contribution >= 0.6 is 0 Å². The molecule has 0 spiro atoms. The second-order valence-electron chi connectivity index (χ2n) is 6.89. The summed E-state index contributed by atoms with van der Waals surface area (Å²) < 4.78 is 31.5. The van der Waals surface area contributed by atoms with Gasteiger partial charge in [-0.15, -0.1) is 0 Å². The van der Waals surface area contributed by atoms with Crippen LogP contribution in [0.2, 0.25) is 0 Å². The number of urea groups is 1. The lowest BCUT2D eigenvalue weighted by atomic mass is 10.1. The average Bonchev–Trinajstić information content (AvgIpc) is 2.98. The first-order valence-corrected chi connectivity index (χ1v) is 10.6. The number of hydrogen-bond donors (Lipinski definition) is 1. The highest BCUT2D eigenvalue weighted by Gasteiger charge is 2.32. The van der Waals surface area contributed by atoms with E-state index < -0.39 is 10.0 Å². The quantitative estimate of drug-likeness (QED) is 0.831. The summed E-state index contributed by atoms with van der Waals surface area (Å²) in [7, 11) is -0.598. The van der Waals surface area contributed by atoms with E-state index in [9.17, 15) is 13.2 Å². The molecule has 1 heterocycles. The Balaban J connectivity index is 1.86. The molecule has 0 aliphatic carbocycles. The number of amides is 2. The molecular formula is C20H25N3O4S. The molecule has 0 bridgehead atoms. The number of hydrogen-bond acceptors (Lipinski definition) is 4. The topological polar surface area (TPSA) is 79.0 Å². The zero-order valence-electron chi connectivity index (χ0n) is 16.5. The van der Waals surface area contributed by atoms with Crippen molar-refractivity contribution in [2.75, 3.05) is 30.9 Å². The molecule has 1 aliphatic heterocycles. The number of carbonyl (C=O) groups is 1. The molecule has 8 heteroatoms. The molecule has 1 aliphatic rings. The zero-order valence-corrected chi connectivity index (χ0v) is 17.3. The predicted octanol–water partition coefficient (Wildman–Crippen LogP) is 3.32. The Kier molecular flexibility index (Phi) is 5.62. The number of sulfonamides is 1. The van der Waals surface area contributed by atoms with E-state index in [0.29, 0.717) is 24.4 Å². The molecule has 150 valence electrons. The Bertz CT molecular complexity index is 971. The van der Waals surface area contributed by atoms with E-state index in [-0.39, 0.29) is 17.0 Å². The highest BCUT2D eigenvalue weighted by Crippen LogP contribution is 2.35. The summed E-state index contributed by atoms with van der Waals surface area (Å²) >= 11 is 0. The van der Waals surface area contributed by atoms with Gasteiger partial charge in [0.15, 0.2) is 0 Å². The molecule has 0 saturated heterocycles. The van der Waals surface area contributed by atoms with E-state index in [1.54, 1.807) is 47.4 Å². The molecule has 0 saturated carbocycles. The highest BCUT2D eigenvalue weighted by molar-refractivity contribution is 7.89. The third-order valence-corrected chi connectivity index (χ3v) is 6.50. The van der Waals surface area contributed by atoms with Crippen molar-refractivity contribution in [3.63, 3.8) is 0 Å². The Labute approximate surface area is 166 Å². The van der Waals surface area contributed by atoms with Gasteiger partial charge in [-0.1, -0.05) is 6.07 Å². The minimum absolute atomic E-state index is 0.0741. The van der Waals surface area contributed by atoms with Gasteiger partial charge in [-0.25, -0.2) is 17.5 Å². The van der Waals surface area contributed by atoms with Gasteiger partial charge in [0.05, 0.1) is 17.2 Å². The third kappa shape index (κ3) is 3.83. The van der Waals surface area contributed by atoms with Gasteiger partial charge in [-0.05, 0) is 62.2 Å². The fraction of sp³-hybridized carbons (Fsp3) is 0.350. The lowest BCUT2D eigenvalue weighted by molar-refractivity contribution is 0.255.